The second-order valence-electron chi connectivity index (χ2n) is 10.1. The van der Waals surface area contributed by atoms with Gasteiger partial charge in [-0.05, 0) is 48.2 Å². The molecule has 6 nitrogen and oxygen atoms in total. The van der Waals surface area contributed by atoms with Crippen molar-refractivity contribution < 1.29 is 32.7 Å². The summed E-state index contributed by atoms with van der Waals surface area (Å²) in [6, 6.07) is 11.1. The number of hydrogen-bond acceptors (Lipinski definition) is 3. The third-order valence-corrected chi connectivity index (χ3v) is 6.83. The van der Waals surface area contributed by atoms with E-state index in [4.69, 9.17) is 0 Å². The second kappa shape index (κ2) is 17.4. The van der Waals surface area contributed by atoms with Crippen LogP contribution in [-0.4, -0.2) is 40.9 Å². The molecule has 0 spiro atoms. The topological polar surface area (TPSA) is 86.7 Å². The fourth-order valence-electron chi connectivity index (χ4n) is 4.41. The van der Waals surface area contributed by atoms with Crippen LogP contribution in [0.3, 0.4) is 0 Å². The van der Waals surface area contributed by atoms with Gasteiger partial charge in [-0.3, -0.25) is 9.59 Å². The molecule has 0 fully saturated rings. The van der Waals surface area contributed by atoms with Crippen molar-refractivity contribution in [2.45, 2.75) is 90.3 Å². The lowest BCUT2D eigenvalue weighted by atomic mass is 10.1. The molecule has 0 aromatic heterocycles. The first-order valence-corrected chi connectivity index (χ1v) is 14.2. The van der Waals surface area contributed by atoms with Crippen molar-refractivity contribution in [1.82, 2.24) is 10.2 Å². The Morgan fingerprint density at radius 2 is 1.30 bits per heavy atom. The number of benzene rings is 2. The van der Waals surface area contributed by atoms with Crippen LogP contribution in [0.25, 0.3) is 0 Å². The molecule has 0 aliphatic rings. The third kappa shape index (κ3) is 12.2. The first kappa shape index (κ1) is 32.8. The van der Waals surface area contributed by atoms with Crippen LogP contribution in [0.1, 0.15) is 98.2 Å². The summed E-state index contributed by atoms with van der Waals surface area (Å²) in [5.74, 6) is -2.91. The SMILES string of the molecule is CCCCCCCCCCCCNC(=O)c1ccc(CN(CCc2ccc(C(F)(F)F)cc2)C(=O)C(=O)O)cc1. The van der Waals surface area contributed by atoms with Gasteiger partial charge in [0, 0.05) is 25.2 Å². The number of carbonyl (C=O) groups excluding carboxylic acids is 2. The van der Waals surface area contributed by atoms with Crippen LogP contribution in [0.4, 0.5) is 13.2 Å². The summed E-state index contributed by atoms with van der Waals surface area (Å²) in [7, 11) is 0. The molecule has 2 amide bonds. The highest BCUT2D eigenvalue weighted by Gasteiger charge is 2.30. The zero-order chi connectivity index (χ0) is 29.4. The number of hydrogen-bond donors (Lipinski definition) is 2. The molecular formula is C31H41F3N2O4. The van der Waals surface area contributed by atoms with E-state index in [0.717, 1.165) is 29.9 Å². The van der Waals surface area contributed by atoms with Gasteiger partial charge in [0.25, 0.3) is 5.91 Å². The van der Waals surface area contributed by atoms with Gasteiger partial charge in [-0.25, -0.2) is 4.79 Å². The molecule has 40 heavy (non-hydrogen) atoms. The molecule has 9 heteroatoms. The number of nitrogens with zero attached hydrogens (tertiary/aromatic N) is 1. The molecule has 2 aromatic rings. The Hall–Kier alpha value is -3.36. The van der Waals surface area contributed by atoms with E-state index in [1.54, 1.807) is 24.3 Å². The summed E-state index contributed by atoms with van der Waals surface area (Å²) < 4.78 is 38.3. The fourth-order valence-corrected chi connectivity index (χ4v) is 4.41. The van der Waals surface area contributed by atoms with Crippen molar-refractivity contribution in [1.29, 1.82) is 0 Å². The summed E-state index contributed by atoms with van der Waals surface area (Å²) >= 11 is 0. The van der Waals surface area contributed by atoms with E-state index in [9.17, 15) is 32.7 Å². The first-order chi connectivity index (χ1) is 19.1. The number of halogens is 3. The van der Waals surface area contributed by atoms with Gasteiger partial charge in [-0.1, -0.05) is 89.0 Å². The highest BCUT2D eigenvalue weighted by Crippen LogP contribution is 2.29. The zero-order valence-corrected chi connectivity index (χ0v) is 23.3. The lowest BCUT2D eigenvalue weighted by Gasteiger charge is -2.21. The summed E-state index contributed by atoms with van der Waals surface area (Å²) in [6.45, 7) is 2.82. The Kier molecular flexibility index (Phi) is 14.3. The van der Waals surface area contributed by atoms with Gasteiger partial charge >= 0.3 is 18.1 Å². The third-order valence-electron chi connectivity index (χ3n) is 6.83. The van der Waals surface area contributed by atoms with Crippen molar-refractivity contribution in [3.8, 4) is 0 Å². The number of alkyl halides is 3. The normalized spacial score (nSPS) is 11.3. The molecule has 2 N–H and O–H groups in total. The Bertz CT molecular complexity index is 1050. The maximum atomic E-state index is 12.8. The first-order valence-electron chi connectivity index (χ1n) is 14.2. The Labute approximate surface area is 235 Å². The van der Waals surface area contributed by atoms with Crippen molar-refractivity contribution in [2.75, 3.05) is 13.1 Å². The monoisotopic (exact) mass is 562 g/mol. The van der Waals surface area contributed by atoms with Crippen LogP contribution < -0.4 is 5.32 Å². The number of amides is 2. The van der Waals surface area contributed by atoms with E-state index >= 15 is 0 Å². The molecule has 0 aliphatic carbocycles. The molecule has 0 saturated heterocycles. The van der Waals surface area contributed by atoms with Gasteiger partial charge in [0.2, 0.25) is 0 Å². The lowest BCUT2D eigenvalue weighted by Crippen LogP contribution is -2.37. The fraction of sp³-hybridized carbons (Fsp3) is 0.516. The number of carboxylic acids is 1. The molecule has 220 valence electrons. The highest BCUT2D eigenvalue weighted by molar-refractivity contribution is 6.31. The molecule has 2 rings (SSSR count). The van der Waals surface area contributed by atoms with Crippen molar-refractivity contribution in [3.05, 3.63) is 70.8 Å². The van der Waals surface area contributed by atoms with E-state index < -0.39 is 23.6 Å². The Morgan fingerprint density at radius 3 is 1.82 bits per heavy atom. The van der Waals surface area contributed by atoms with Crippen molar-refractivity contribution in [2.24, 2.45) is 0 Å². The molecule has 0 radical (unpaired) electrons. The minimum atomic E-state index is -4.44. The van der Waals surface area contributed by atoms with Gasteiger partial charge in [0.1, 0.15) is 0 Å². The molecule has 0 saturated carbocycles. The molecule has 2 aromatic carbocycles. The van der Waals surface area contributed by atoms with E-state index in [0.29, 0.717) is 23.2 Å². The molecule has 0 heterocycles. The van der Waals surface area contributed by atoms with Crippen LogP contribution in [-0.2, 0) is 28.7 Å². The molecule has 0 atom stereocenters. The van der Waals surface area contributed by atoms with Crippen LogP contribution in [0.5, 0.6) is 0 Å². The number of carbonyl (C=O) groups is 3. The maximum Gasteiger partial charge on any atom is 0.416 e. The average molecular weight is 563 g/mol. The smallest absolute Gasteiger partial charge is 0.416 e. The van der Waals surface area contributed by atoms with Crippen LogP contribution in [0, 0.1) is 0 Å². The summed E-state index contributed by atoms with van der Waals surface area (Å²) in [5, 5.41) is 12.1. The lowest BCUT2D eigenvalue weighted by molar-refractivity contribution is -0.156. The summed E-state index contributed by atoms with van der Waals surface area (Å²) in [6.07, 6.45) is 7.94. The Balaban J connectivity index is 1.78. The summed E-state index contributed by atoms with van der Waals surface area (Å²) in [5.41, 5.74) is 0.873. The number of aliphatic carboxylic acids is 1. The van der Waals surface area contributed by atoms with Crippen LogP contribution in [0.15, 0.2) is 48.5 Å². The van der Waals surface area contributed by atoms with Gasteiger partial charge in [0.15, 0.2) is 0 Å². The largest absolute Gasteiger partial charge is 0.474 e. The number of rotatable bonds is 17. The maximum absolute atomic E-state index is 12.8. The average Bonchev–Trinajstić information content (AvgIpc) is 2.93. The van der Waals surface area contributed by atoms with Gasteiger partial charge in [0.05, 0.1) is 5.56 Å². The number of unbranched alkanes of at least 4 members (excludes halogenated alkanes) is 9. The van der Waals surface area contributed by atoms with E-state index in [1.165, 1.54) is 63.5 Å². The van der Waals surface area contributed by atoms with Crippen molar-refractivity contribution >= 4 is 17.8 Å². The summed E-state index contributed by atoms with van der Waals surface area (Å²) in [4.78, 5) is 37.1. The number of nitrogens with one attached hydrogen (secondary N) is 1. The predicted octanol–water partition coefficient (Wildman–Crippen LogP) is 7.01. The zero-order valence-electron chi connectivity index (χ0n) is 23.3. The quantitative estimate of drug-likeness (QED) is 0.160. The predicted molar refractivity (Wildman–Crippen MR) is 149 cm³/mol. The molecule has 0 aliphatic heterocycles. The molecule has 0 unspecified atom stereocenters. The van der Waals surface area contributed by atoms with Gasteiger partial charge in [-0.2, -0.15) is 13.2 Å². The van der Waals surface area contributed by atoms with Gasteiger partial charge in [-0.15, -0.1) is 0 Å². The van der Waals surface area contributed by atoms with E-state index in [2.05, 4.69) is 12.2 Å². The van der Waals surface area contributed by atoms with Gasteiger partial charge < -0.3 is 15.3 Å². The van der Waals surface area contributed by atoms with E-state index in [1.807, 2.05) is 0 Å². The van der Waals surface area contributed by atoms with Crippen molar-refractivity contribution in [3.63, 3.8) is 0 Å². The highest BCUT2D eigenvalue weighted by atomic mass is 19.4. The van der Waals surface area contributed by atoms with Crippen LogP contribution >= 0.6 is 0 Å². The van der Waals surface area contributed by atoms with E-state index in [-0.39, 0.29) is 25.4 Å². The number of carboxylic acid groups (broad SMARTS) is 1. The minimum absolute atomic E-state index is 0.00767. The molecule has 0 bridgehead atoms. The Morgan fingerprint density at radius 1 is 0.775 bits per heavy atom. The van der Waals surface area contributed by atoms with Crippen LogP contribution in [0.2, 0.25) is 0 Å². The standard InChI is InChI=1S/C31H41F3N2O4/c1-2-3-4-5-6-7-8-9-10-11-21-35-28(37)26-16-12-25(13-17-26)23-36(29(38)30(39)40)22-20-24-14-18-27(19-15-24)31(32,33)34/h12-19H,2-11,20-23H2,1H3,(H,35,37)(H,39,40). The minimum Gasteiger partial charge on any atom is -0.474 e. The second-order valence-corrected chi connectivity index (χ2v) is 10.1. The molecular weight excluding hydrogens is 521 g/mol.